The highest BCUT2D eigenvalue weighted by Gasteiger charge is 2.29. The predicted molar refractivity (Wildman–Crippen MR) is 173 cm³/mol. The summed E-state index contributed by atoms with van der Waals surface area (Å²) in [5.41, 5.74) is 3.09. The van der Waals surface area contributed by atoms with Gasteiger partial charge in [-0.05, 0) is 50.1 Å². The van der Waals surface area contributed by atoms with Crippen molar-refractivity contribution in [2.24, 2.45) is 0 Å². The summed E-state index contributed by atoms with van der Waals surface area (Å²) in [4.78, 5) is 35.9. The first-order valence-electron chi connectivity index (χ1n) is 14.9. The molecule has 2 aromatic carbocycles. The fourth-order valence-electron chi connectivity index (χ4n) is 4.52. The van der Waals surface area contributed by atoms with Gasteiger partial charge in [-0.3, -0.25) is 14.3 Å². The number of carbonyl (C=O) groups is 2. The van der Waals surface area contributed by atoms with E-state index >= 15 is 0 Å². The Morgan fingerprint density at radius 3 is 2.36 bits per heavy atom. The second kappa shape index (κ2) is 16.3. The van der Waals surface area contributed by atoms with Gasteiger partial charge in [-0.1, -0.05) is 32.4 Å². The van der Waals surface area contributed by atoms with E-state index in [0.29, 0.717) is 5.82 Å². The van der Waals surface area contributed by atoms with Crippen LogP contribution in [0.4, 0.5) is 14.5 Å². The maximum atomic E-state index is 11.9. The van der Waals surface area contributed by atoms with Crippen molar-refractivity contribution in [2.75, 3.05) is 11.0 Å². The minimum absolute atomic E-state index is 0.0985. The van der Waals surface area contributed by atoms with Crippen LogP contribution in [0.15, 0.2) is 54.9 Å². The van der Waals surface area contributed by atoms with E-state index < -0.39 is 34.2 Å². The fraction of sp³-hybridized carbons (Fsp3) is 0.406. The Bertz CT molecular complexity index is 1780. The first-order chi connectivity index (χ1) is 22.1. The lowest BCUT2D eigenvalue weighted by Gasteiger charge is -2.23. The summed E-state index contributed by atoms with van der Waals surface area (Å²) < 4.78 is 59.2. The van der Waals surface area contributed by atoms with Gasteiger partial charge in [0.05, 0.1) is 35.8 Å². The number of nitrogens with one attached hydrogen (secondary N) is 1. The van der Waals surface area contributed by atoms with Crippen molar-refractivity contribution >= 4 is 38.7 Å². The van der Waals surface area contributed by atoms with Crippen molar-refractivity contribution in [3.63, 3.8) is 0 Å². The normalized spacial score (nSPS) is 12.3. The smallest absolute Gasteiger partial charge is 0.387 e. The van der Waals surface area contributed by atoms with E-state index in [1.54, 1.807) is 26.2 Å². The average molecular weight is 676 g/mol. The number of aryl methyl sites for hydroxylation is 2. The Hall–Kier alpha value is -4.66. The van der Waals surface area contributed by atoms with Crippen LogP contribution in [0.1, 0.15) is 65.0 Å². The predicted octanol–water partition coefficient (Wildman–Crippen LogP) is 6.16. The number of fused-ring (bicyclic) bond motifs is 3. The maximum absolute atomic E-state index is 11.9. The molecule has 0 bridgehead atoms. The van der Waals surface area contributed by atoms with Crippen LogP contribution in [0.3, 0.4) is 0 Å². The van der Waals surface area contributed by atoms with Crippen LogP contribution in [0.2, 0.25) is 0 Å². The number of imidazole rings is 1. The molecular formula is C32H39F2N5O7S. The van der Waals surface area contributed by atoms with E-state index in [1.165, 1.54) is 30.7 Å². The van der Waals surface area contributed by atoms with Crippen LogP contribution in [0.5, 0.6) is 5.75 Å². The van der Waals surface area contributed by atoms with E-state index in [0.717, 1.165) is 53.6 Å². The maximum Gasteiger partial charge on any atom is 0.387 e. The number of ether oxygens (including phenoxy) is 2. The summed E-state index contributed by atoms with van der Waals surface area (Å²) in [6, 6.07) is 11.4. The number of benzene rings is 2. The van der Waals surface area contributed by atoms with Gasteiger partial charge in [-0.25, -0.2) is 23.4 Å². The van der Waals surface area contributed by atoms with E-state index in [4.69, 9.17) is 9.84 Å². The number of carbonyl (C=O) groups excluding carboxylic acids is 1. The third kappa shape index (κ3) is 11.3. The van der Waals surface area contributed by atoms with Gasteiger partial charge in [0.15, 0.2) is 11.4 Å². The summed E-state index contributed by atoms with van der Waals surface area (Å²) in [6.45, 7) is 5.68. The number of hydrogen-bond acceptors (Lipinski definition) is 9. The molecule has 0 saturated carbocycles. The van der Waals surface area contributed by atoms with Crippen molar-refractivity contribution in [1.29, 1.82) is 0 Å². The molecule has 0 atom stereocenters. The van der Waals surface area contributed by atoms with Crippen molar-refractivity contribution < 1.29 is 41.4 Å². The van der Waals surface area contributed by atoms with Crippen molar-refractivity contribution in [2.45, 2.75) is 78.6 Å². The van der Waals surface area contributed by atoms with Gasteiger partial charge in [0.25, 0.3) is 0 Å². The van der Waals surface area contributed by atoms with Crippen molar-refractivity contribution in [1.82, 2.24) is 19.5 Å². The molecule has 1 aliphatic rings. The highest BCUT2D eigenvalue weighted by molar-refractivity contribution is 7.92. The molecule has 0 amide bonds. The molecule has 254 valence electrons. The molecule has 0 radical (unpaired) electrons. The Morgan fingerprint density at radius 2 is 1.74 bits per heavy atom. The highest BCUT2D eigenvalue weighted by Crippen LogP contribution is 2.29. The zero-order chi connectivity index (χ0) is 34.8. The number of carboxylic acids is 1. The minimum atomic E-state index is -3.42. The summed E-state index contributed by atoms with van der Waals surface area (Å²) in [6.07, 6.45) is 7.31. The van der Waals surface area contributed by atoms with Gasteiger partial charge in [-0.2, -0.15) is 8.78 Å². The lowest BCUT2D eigenvalue weighted by molar-refractivity contribution is -0.160. The minimum Gasteiger partial charge on any atom is -0.481 e. The molecule has 0 saturated heterocycles. The molecule has 3 heterocycles. The van der Waals surface area contributed by atoms with Crippen LogP contribution in [0, 0.1) is 0 Å². The van der Waals surface area contributed by atoms with Gasteiger partial charge in [0.2, 0.25) is 10.0 Å². The van der Waals surface area contributed by atoms with Gasteiger partial charge >= 0.3 is 18.6 Å². The number of rotatable bonds is 10. The van der Waals surface area contributed by atoms with E-state index in [9.17, 15) is 26.8 Å². The second-order valence-electron chi connectivity index (χ2n) is 11.1. The molecule has 0 fully saturated rings. The summed E-state index contributed by atoms with van der Waals surface area (Å²) >= 11 is 0. The number of nitrogens with zero attached hydrogens (tertiary/aromatic N) is 4. The molecule has 0 unspecified atom stereocenters. The number of anilines is 1. The Labute approximate surface area is 272 Å². The Kier molecular flexibility index (Phi) is 12.7. The number of hydrogen-bond donors (Lipinski definition) is 2. The number of alkyl halides is 2. The molecule has 0 aliphatic carbocycles. The highest BCUT2D eigenvalue weighted by atomic mass is 32.2. The number of aromatic nitrogens is 4. The first kappa shape index (κ1) is 36.8. The second-order valence-corrected chi connectivity index (χ2v) is 12.9. The van der Waals surface area contributed by atoms with E-state index in [2.05, 4.69) is 48.9 Å². The van der Waals surface area contributed by atoms with Gasteiger partial charge in [0, 0.05) is 37.0 Å². The molecular weight excluding hydrogens is 636 g/mol. The van der Waals surface area contributed by atoms with Crippen molar-refractivity contribution in [3.05, 3.63) is 66.5 Å². The number of esters is 1. The van der Waals surface area contributed by atoms with Crippen molar-refractivity contribution in [3.8, 4) is 16.9 Å². The summed E-state index contributed by atoms with van der Waals surface area (Å²) in [5, 5.41) is 8.68. The lowest BCUT2D eigenvalue weighted by Crippen LogP contribution is -2.28. The number of halogens is 2. The third-order valence-corrected chi connectivity index (χ3v) is 7.01. The molecule has 2 aromatic heterocycles. The Balaban J connectivity index is 0.000000281. The standard InChI is InChI=1S/C21H22N4O4.C8H9F2NO3S.C3H8/c1-21(2,29-19(28)8-7-18(26)27)20-22-11-14(12-23-20)13-5-6-15-16(10-13)25-9-3-4-17(25)24-15;1-15(12,13)11-6-3-2-4-7(5-6)14-8(9)10;1-3-2/h5-6,10-12H,3-4,7-9H2,1-2H3,(H,26,27);2-5,8,11H,1H3;3H2,1-2H3. The zero-order valence-electron chi connectivity index (χ0n) is 26.9. The van der Waals surface area contributed by atoms with Gasteiger partial charge in [0.1, 0.15) is 11.6 Å². The first-order valence-corrected chi connectivity index (χ1v) is 16.8. The van der Waals surface area contributed by atoms with E-state index in [-0.39, 0.29) is 24.3 Å². The van der Waals surface area contributed by atoms with E-state index in [1.807, 2.05) is 12.1 Å². The number of carboxylic acid groups (broad SMARTS) is 1. The number of sulfonamides is 1. The molecule has 1 aliphatic heterocycles. The largest absolute Gasteiger partial charge is 0.481 e. The van der Waals surface area contributed by atoms with Gasteiger partial charge in [-0.15, -0.1) is 0 Å². The molecule has 2 N–H and O–H groups in total. The van der Waals surface area contributed by atoms with Crippen LogP contribution in [-0.2, 0) is 42.9 Å². The lowest BCUT2D eigenvalue weighted by atomic mass is 10.1. The quantitative estimate of drug-likeness (QED) is 0.186. The third-order valence-electron chi connectivity index (χ3n) is 6.41. The zero-order valence-corrected chi connectivity index (χ0v) is 27.7. The fourth-order valence-corrected chi connectivity index (χ4v) is 5.07. The average Bonchev–Trinajstić information content (AvgIpc) is 3.57. The monoisotopic (exact) mass is 675 g/mol. The van der Waals surface area contributed by atoms with Crippen LogP contribution in [0.25, 0.3) is 22.2 Å². The van der Waals surface area contributed by atoms with Crippen LogP contribution in [-0.4, -0.2) is 57.8 Å². The molecule has 5 rings (SSSR count). The SMILES string of the molecule is CC(C)(OC(=O)CCC(=O)O)c1ncc(-c2ccc3nc4n(c3c2)CCC4)cn1.CCC.CS(=O)(=O)Nc1cccc(OC(F)F)c1. The Morgan fingerprint density at radius 1 is 1.06 bits per heavy atom. The van der Waals surface area contributed by atoms with Crippen LogP contribution >= 0.6 is 0 Å². The molecule has 47 heavy (non-hydrogen) atoms. The molecule has 4 aromatic rings. The number of aliphatic carboxylic acids is 1. The topological polar surface area (TPSA) is 163 Å². The van der Waals surface area contributed by atoms with Gasteiger partial charge < -0.3 is 19.1 Å². The summed E-state index contributed by atoms with van der Waals surface area (Å²) in [5.74, 6) is -0.239. The molecule has 0 spiro atoms. The molecule has 12 nitrogen and oxygen atoms in total. The summed E-state index contributed by atoms with van der Waals surface area (Å²) in [7, 11) is -3.42. The molecule has 15 heteroatoms. The van der Waals surface area contributed by atoms with Crippen LogP contribution < -0.4 is 9.46 Å².